The fourth-order valence-electron chi connectivity index (χ4n) is 7.85. The maximum atomic E-state index is 6.28. The van der Waals surface area contributed by atoms with Crippen molar-refractivity contribution in [3.05, 3.63) is 175 Å². The van der Waals surface area contributed by atoms with Gasteiger partial charge in [0.25, 0.3) is 0 Å². The summed E-state index contributed by atoms with van der Waals surface area (Å²) in [4.78, 5) is 15.3. The van der Waals surface area contributed by atoms with Crippen LogP contribution in [0.2, 0.25) is 0 Å². The second-order valence-electron chi connectivity index (χ2n) is 13.2. The highest BCUT2D eigenvalue weighted by atomic mass is 16.3. The van der Waals surface area contributed by atoms with Gasteiger partial charge in [-0.3, -0.25) is 4.98 Å². The lowest BCUT2D eigenvalue weighted by Gasteiger charge is -2.24. The predicted octanol–water partition coefficient (Wildman–Crippen LogP) is 11.3. The van der Waals surface area contributed by atoms with E-state index in [4.69, 9.17) is 18.8 Å². The first kappa shape index (κ1) is 28.8. The summed E-state index contributed by atoms with van der Waals surface area (Å²) < 4.78 is 12.5. The number of rotatable bonds is 4. The zero-order chi connectivity index (χ0) is 34.2. The second-order valence-corrected chi connectivity index (χ2v) is 13.2. The smallest absolute Gasteiger partial charge is 0.170 e. The highest BCUT2D eigenvalue weighted by Gasteiger charge is 2.26. The van der Waals surface area contributed by atoms with Crippen molar-refractivity contribution in [3.8, 4) is 11.1 Å². The molecule has 3 aromatic heterocycles. The van der Waals surface area contributed by atoms with Gasteiger partial charge in [-0.1, -0.05) is 121 Å². The third kappa shape index (κ3) is 4.41. The summed E-state index contributed by atoms with van der Waals surface area (Å²) >= 11 is 0. The standard InChI is InChI=1S/C46H28N4O2/c1-2-11-28-24-29(21-20-27(28)10-1)44-48-45(50-46(49-44)37-25-47-26-41-43(37)36-15-6-8-18-39(36)52-41)34-23-22-32(30-12-3-4-13-31(30)34)33-16-9-19-40-42(33)35-14-5-7-17-38(35)51-40/h1-26,45H,(H,48,49,50). The Bertz CT molecular complexity index is 3130. The van der Waals surface area contributed by atoms with Crippen LogP contribution in [0.15, 0.2) is 177 Å². The summed E-state index contributed by atoms with van der Waals surface area (Å²) in [5.74, 6) is 1.43. The van der Waals surface area contributed by atoms with Crippen molar-refractivity contribution in [2.75, 3.05) is 0 Å². The van der Waals surface area contributed by atoms with Gasteiger partial charge < -0.3 is 14.2 Å². The van der Waals surface area contributed by atoms with Crippen molar-refractivity contribution in [3.63, 3.8) is 0 Å². The van der Waals surface area contributed by atoms with Crippen molar-refractivity contribution in [1.82, 2.24) is 10.3 Å². The van der Waals surface area contributed by atoms with Gasteiger partial charge in [-0.25, -0.2) is 9.98 Å². The topological polar surface area (TPSA) is 75.9 Å². The molecule has 0 spiro atoms. The van der Waals surface area contributed by atoms with E-state index in [2.05, 4.69) is 119 Å². The number of aliphatic imine (C=N–C) groups is 2. The van der Waals surface area contributed by atoms with E-state index in [1.807, 2.05) is 42.6 Å². The Labute approximate surface area is 297 Å². The largest absolute Gasteiger partial charge is 0.456 e. The fraction of sp³-hybridized carbons (Fsp3) is 0.0217. The van der Waals surface area contributed by atoms with E-state index >= 15 is 0 Å². The van der Waals surface area contributed by atoms with E-state index in [1.165, 1.54) is 5.39 Å². The molecule has 244 valence electrons. The van der Waals surface area contributed by atoms with Gasteiger partial charge in [0.05, 0.1) is 6.20 Å². The minimum absolute atomic E-state index is 0.532. The summed E-state index contributed by atoms with van der Waals surface area (Å²) in [5, 5.41) is 12.4. The third-order valence-electron chi connectivity index (χ3n) is 10.2. The first-order chi connectivity index (χ1) is 25.8. The minimum atomic E-state index is -0.532. The lowest BCUT2D eigenvalue weighted by Crippen LogP contribution is -2.36. The molecule has 0 fully saturated rings. The van der Waals surface area contributed by atoms with E-state index in [0.717, 1.165) is 88.1 Å². The number of nitrogens with one attached hydrogen (secondary N) is 1. The van der Waals surface area contributed by atoms with Crippen LogP contribution in [0, 0.1) is 0 Å². The molecule has 52 heavy (non-hydrogen) atoms. The Balaban J connectivity index is 1.13. The average molecular weight is 669 g/mol. The van der Waals surface area contributed by atoms with Crippen LogP contribution < -0.4 is 5.32 Å². The monoisotopic (exact) mass is 668 g/mol. The normalized spacial score (nSPS) is 14.7. The number of fused-ring (bicyclic) bond motifs is 8. The Hall–Kier alpha value is -7.05. The Kier molecular flexibility index (Phi) is 6.21. The first-order valence-corrected chi connectivity index (χ1v) is 17.4. The molecule has 0 bridgehead atoms. The lowest BCUT2D eigenvalue weighted by atomic mass is 9.91. The van der Waals surface area contributed by atoms with Crippen molar-refractivity contribution in [2.45, 2.75) is 6.17 Å². The average Bonchev–Trinajstić information content (AvgIpc) is 3.79. The van der Waals surface area contributed by atoms with Gasteiger partial charge >= 0.3 is 0 Å². The van der Waals surface area contributed by atoms with Gasteiger partial charge in [0.15, 0.2) is 11.7 Å². The number of para-hydroxylation sites is 2. The van der Waals surface area contributed by atoms with Gasteiger partial charge in [0, 0.05) is 44.4 Å². The summed E-state index contributed by atoms with van der Waals surface area (Å²) in [6.45, 7) is 0. The molecule has 0 saturated carbocycles. The van der Waals surface area contributed by atoms with Crippen LogP contribution in [-0.2, 0) is 0 Å². The van der Waals surface area contributed by atoms with E-state index in [-0.39, 0.29) is 0 Å². The Morgan fingerprint density at radius 2 is 1.10 bits per heavy atom. The number of amidine groups is 2. The quantitative estimate of drug-likeness (QED) is 0.202. The molecule has 7 aromatic carbocycles. The van der Waals surface area contributed by atoms with Gasteiger partial charge in [-0.15, -0.1) is 0 Å². The lowest BCUT2D eigenvalue weighted by molar-refractivity contribution is 0.666. The number of pyridine rings is 1. The van der Waals surface area contributed by atoms with E-state index in [9.17, 15) is 0 Å². The summed E-state index contributed by atoms with van der Waals surface area (Å²) in [7, 11) is 0. The zero-order valence-electron chi connectivity index (χ0n) is 27.7. The molecule has 6 nitrogen and oxygen atoms in total. The SMILES string of the molecule is c1ccc2cc(C3=NC(c4ccc(-c5cccc6oc7ccccc7c56)c5ccccc45)N=C(c4cncc5oc6ccccc6c45)N3)ccc2c1. The molecule has 0 radical (unpaired) electrons. The first-order valence-electron chi connectivity index (χ1n) is 17.4. The number of hydrogen-bond acceptors (Lipinski definition) is 6. The summed E-state index contributed by atoms with van der Waals surface area (Å²) in [5.41, 5.74) is 8.39. The molecular formula is C46H28N4O2. The molecule has 1 aliphatic rings. The van der Waals surface area contributed by atoms with Crippen LogP contribution in [0.5, 0.6) is 0 Å². The number of benzene rings is 7. The van der Waals surface area contributed by atoms with Crippen LogP contribution in [-0.4, -0.2) is 16.7 Å². The van der Waals surface area contributed by atoms with Crippen LogP contribution in [0.4, 0.5) is 0 Å². The number of aromatic nitrogens is 1. The third-order valence-corrected chi connectivity index (χ3v) is 10.2. The van der Waals surface area contributed by atoms with Crippen LogP contribution in [0.1, 0.15) is 22.9 Å². The molecular weight excluding hydrogens is 641 g/mol. The van der Waals surface area contributed by atoms with E-state index in [0.29, 0.717) is 11.4 Å². The maximum Gasteiger partial charge on any atom is 0.170 e. The molecule has 1 atom stereocenters. The predicted molar refractivity (Wildman–Crippen MR) is 211 cm³/mol. The van der Waals surface area contributed by atoms with Gasteiger partial charge in [0.2, 0.25) is 0 Å². The Morgan fingerprint density at radius 1 is 0.442 bits per heavy atom. The molecule has 1 unspecified atom stereocenters. The summed E-state index contributed by atoms with van der Waals surface area (Å²) in [6, 6.07) is 50.4. The van der Waals surface area contributed by atoms with Gasteiger partial charge in [0.1, 0.15) is 28.4 Å². The highest BCUT2D eigenvalue weighted by Crippen LogP contribution is 2.42. The van der Waals surface area contributed by atoms with Crippen molar-refractivity contribution < 1.29 is 8.83 Å². The molecule has 0 amide bonds. The Morgan fingerprint density at radius 3 is 1.92 bits per heavy atom. The molecule has 1 N–H and O–H groups in total. The van der Waals surface area contributed by atoms with E-state index in [1.54, 1.807) is 6.20 Å². The molecule has 11 rings (SSSR count). The number of hydrogen-bond donors (Lipinski definition) is 1. The van der Waals surface area contributed by atoms with Crippen LogP contribution in [0.25, 0.3) is 76.5 Å². The van der Waals surface area contributed by atoms with Crippen molar-refractivity contribution >= 4 is 77.1 Å². The zero-order valence-corrected chi connectivity index (χ0v) is 27.7. The maximum absolute atomic E-state index is 6.28. The molecule has 6 heteroatoms. The number of furan rings is 2. The molecule has 0 aliphatic carbocycles. The second kappa shape index (κ2) is 11.2. The van der Waals surface area contributed by atoms with Crippen LogP contribution >= 0.6 is 0 Å². The highest BCUT2D eigenvalue weighted by molar-refractivity contribution is 6.23. The van der Waals surface area contributed by atoms with Gasteiger partial charge in [-0.05, 0) is 56.9 Å². The molecule has 0 saturated heterocycles. The fourth-order valence-corrected chi connectivity index (χ4v) is 7.85. The molecule has 4 heterocycles. The van der Waals surface area contributed by atoms with Crippen LogP contribution in [0.3, 0.4) is 0 Å². The van der Waals surface area contributed by atoms with Gasteiger partial charge in [-0.2, -0.15) is 0 Å². The minimum Gasteiger partial charge on any atom is -0.456 e. The summed E-state index contributed by atoms with van der Waals surface area (Å²) in [6.07, 6.45) is 3.11. The van der Waals surface area contributed by atoms with Crippen molar-refractivity contribution in [2.24, 2.45) is 9.98 Å². The van der Waals surface area contributed by atoms with Crippen molar-refractivity contribution in [1.29, 1.82) is 0 Å². The molecule has 1 aliphatic heterocycles. The number of nitrogens with zero attached hydrogens (tertiary/aromatic N) is 3. The van der Waals surface area contributed by atoms with E-state index < -0.39 is 6.17 Å². The molecule has 10 aromatic rings.